The number of ether oxygens (including phenoxy) is 1. The van der Waals surface area contributed by atoms with Gasteiger partial charge in [0, 0.05) is 30.4 Å². The molecule has 1 fully saturated rings. The molecule has 1 saturated heterocycles. The smallest absolute Gasteiger partial charge is 0.257 e. The monoisotopic (exact) mass is 417 g/mol. The number of anilines is 2. The molecule has 1 amide bonds. The molecule has 6 nitrogen and oxygen atoms in total. The Kier molecular flexibility index (Phi) is 5.26. The van der Waals surface area contributed by atoms with E-state index in [4.69, 9.17) is 27.9 Å². The van der Waals surface area contributed by atoms with Crippen LogP contribution >= 0.6 is 23.2 Å². The fourth-order valence-electron chi connectivity index (χ4n) is 3.20. The van der Waals surface area contributed by atoms with Gasteiger partial charge < -0.3 is 19.9 Å². The molecule has 144 valence electrons. The fourth-order valence-corrected chi connectivity index (χ4v) is 3.67. The molecule has 0 unspecified atom stereocenters. The van der Waals surface area contributed by atoms with Crippen molar-refractivity contribution in [2.24, 2.45) is 0 Å². The lowest BCUT2D eigenvalue weighted by molar-refractivity contribution is 0.102. The van der Waals surface area contributed by atoms with Crippen LogP contribution in [0.2, 0.25) is 10.0 Å². The third-order valence-electron chi connectivity index (χ3n) is 4.68. The summed E-state index contributed by atoms with van der Waals surface area (Å²) < 4.78 is 5.36. The van der Waals surface area contributed by atoms with E-state index in [2.05, 4.69) is 15.2 Å². The van der Waals surface area contributed by atoms with Gasteiger partial charge in [-0.25, -0.2) is 0 Å². The average Bonchev–Trinajstić information content (AvgIpc) is 2.70. The highest BCUT2D eigenvalue weighted by atomic mass is 35.5. The van der Waals surface area contributed by atoms with Gasteiger partial charge >= 0.3 is 0 Å². The van der Waals surface area contributed by atoms with Crippen molar-refractivity contribution in [2.75, 3.05) is 36.5 Å². The third-order valence-corrected chi connectivity index (χ3v) is 5.31. The number of halogens is 2. The molecule has 2 heterocycles. The van der Waals surface area contributed by atoms with E-state index in [1.54, 1.807) is 30.5 Å². The van der Waals surface area contributed by atoms with Crippen molar-refractivity contribution in [3.8, 4) is 0 Å². The zero-order valence-electron chi connectivity index (χ0n) is 14.8. The van der Waals surface area contributed by atoms with E-state index in [0.29, 0.717) is 40.3 Å². The van der Waals surface area contributed by atoms with Crippen molar-refractivity contribution in [1.82, 2.24) is 4.98 Å². The van der Waals surface area contributed by atoms with E-state index in [9.17, 15) is 9.59 Å². The maximum atomic E-state index is 12.7. The Balaban J connectivity index is 1.59. The highest BCUT2D eigenvalue weighted by Crippen LogP contribution is 2.29. The summed E-state index contributed by atoms with van der Waals surface area (Å²) >= 11 is 12.6. The van der Waals surface area contributed by atoms with Crippen LogP contribution in [0.1, 0.15) is 10.4 Å². The molecule has 4 rings (SSSR count). The third kappa shape index (κ3) is 3.71. The minimum atomic E-state index is -0.371. The number of benzene rings is 2. The van der Waals surface area contributed by atoms with Crippen LogP contribution in [0.25, 0.3) is 10.8 Å². The largest absolute Gasteiger partial charge is 0.378 e. The Labute approximate surface area is 171 Å². The minimum Gasteiger partial charge on any atom is -0.378 e. The molecule has 28 heavy (non-hydrogen) atoms. The predicted octanol–water partition coefficient (Wildman–Crippen LogP) is 3.92. The van der Waals surface area contributed by atoms with Gasteiger partial charge in [-0.1, -0.05) is 23.2 Å². The molecule has 8 heteroatoms. The van der Waals surface area contributed by atoms with E-state index in [1.165, 1.54) is 6.07 Å². The van der Waals surface area contributed by atoms with Crippen LogP contribution in [0.5, 0.6) is 0 Å². The summed E-state index contributed by atoms with van der Waals surface area (Å²) in [6.45, 7) is 2.91. The number of amides is 1. The number of carbonyl (C=O) groups is 1. The van der Waals surface area contributed by atoms with Crippen molar-refractivity contribution in [1.29, 1.82) is 0 Å². The molecule has 2 aromatic carbocycles. The lowest BCUT2D eigenvalue weighted by atomic mass is 10.1. The molecule has 0 atom stereocenters. The van der Waals surface area contributed by atoms with E-state index in [0.717, 1.165) is 18.8 Å². The molecule has 0 radical (unpaired) electrons. The van der Waals surface area contributed by atoms with Crippen molar-refractivity contribution >= 4 is 51.3 Å². The Morgan fingerprint density at radius 3 is 2.61 bits per heavy atom. The quantitative estimate of drug-likeness (QED) is 0.676. The first-order chi connectivity index (χ1) is 13.5. The summed E-state index contributed by atoms with van der Waals surface area (Å²) in [5, 5.41) is 4.54. The number of fused-ring (bicyclic) bond motifs is 1. The van der Waals surface area contributed by atoms with E-state index < -0.39 is 0 Å². The normalized spacial score (nSPS) is 14.3. The minimum absolute atomic E-state index is 0.237. The topological polar surface area (TPSA) is 74.4 Å². The highest BCUT2D eigenvalue weighted by molar-refractivity contribution is 6.36. The number of H-pyrrole nitrogens is 1. The number of pyridine rings is 1. The Bertz CT molecular complexity index is 1110. The number of nitrogens with zero attached hydrogens (tertiary/aromatic N) is 1. The SMILES string of the molecule is O=C(Nc1cc2cc[nH]c(=O)c2cc1Cl)c1ccc(N2CCOCC2)cc1Cl. The summed E-state index contributed by atoms with van der Waals surface area (Å²) in [5.41, 5.74) is 1.48. The van der Waals surface area contributed by atoms with Gasteiger partial charge in [-0.2, -0.15) is 0 Å². The average molecular weight is 418 g/mol. The van der Waals surface area contributed by atoms with E-state index in [1.807, 2.05) is 6.07 Å². The highest BCUT2D eigenvalue weighted by Gasteiger charge is 2.17. The molecule has 1 aromatic heterocycles. The van der Waals surface area contributed by atoms with Crippen LogP contribution < -0.4 is 15.8 Å². The molecular weight excluding hydrogens is 401 g/mol. The zero-order valence-corrected chi connectivity index (χ0v) is 16.3. The summed E-state index contributed by atoms with van der Waals surface area (Å²) in [7, 11) is 0. The van der Waals surface area contributed by atoms with Gasteiger partial charge in [-0.15, -0.1) is 0 Å². The zero-order chi connectivity index (χ0) is 19.7. The van der Waals surface area contributed by atoms with Crippen LogP contribution in [0.15, 0.2) is 47.4 Å². The van der Waals surface area contributed by atoms with Gasteiger partial charge in [-0.05, 0) is 41.8 Å². The Morgan fingerprint density at radius 1 is 1.07 bits per heavy atom. The van der Waals surface area contributed by atoms with Gasteiger partial charge in [-0.3, -0.25) is 9.59 Å². The molecule has 1 aliphatic rings. The molecule has 0 aliphatic carbocycles. The number of hydrogen-bond donors (Lipinski definition) is 2. The molecule has 2 N–H and O–H groups in total. The number of aromatic nitrogens is 1. The van der Waals surface area contributed by atoms with Crippen LogP contribution in [0.3, 0.4) is 0 Å². The molecule has 0 spiro atoms. The maximum absolute atomic E-state index is 12.7. The van der Waals surface area contributed by atoms with Gasteiger partial charge in [0.15, 0.2) is 0 Å². The van der Waals surface area contributed by atoms with Crippen molar-refractivity contribution in [3.63, 3.8) is 0 Å². The van der Waals surface area contributed by atoms with Gasteiger partial charge in [0.25, 0.3) is 11.5 Å². The molecule has 0 bridgehead atoms. The van der Waals surface area contributed by atoms with Gasteiger partial charge in [0.05, 0.1) is 34.5 Å². The number of aromatic amines is 1. The second-order valence-corrected chi connectivity index (χ2v) is 7.26. The predicted molar refractivity (Wildman–Crippen MR) is 112 cm³/mol. The number of morpholine rings is 1. The number of carbonyl (C=O) groups excluding carboxylic acids is 1. The van der Waals surface area contributed by atoms with Crippen molar-refractivity contribution < 1.29 is 9.53 Å². The lowest BCUT2D eigenvalue weighted by Gasteiger charge is -2.29. The van der Waals surface area contributed by atoms with Crippen LogP contribution in [0, 0.1) is 0 Å². The van der Waals surface area contributed by atoms with E-state index >= 15 is 0 Å². The Morgan fingerprint density at radius 2 is 1.86 bits per heavy atom. The van der Waals surface area contributed by atoms with Gasteiger partial charge in [0.1, 0.15) is 0 Å². The number of rotatable bonds is 3. The van der Waals surface area contributed by atoms with Crippen LogP contribution in [-0.2, 0) is 4.74 Å². The van der Waals surface area contributed by atoms with Crippen molar-refractivity contribution in [3.05, 3.63) is 68.6 Å². The number of hydrogen-bond acceptors (Lipinski definition) is 4. The maximum Gasteiger partial charge on any atom is 0.257 e. The van der Waals surface area contributed by atoms with Crippen LogP contribution in [0.4, 0.5) is 11.4 Å². The first kappa shape index (κ1) is 18.8. The fraction of sp³-hybridized carbons (Fsp3) is 0.200. The first-order valence-electron chi connectivity index (χ1n) is 8.77. The summed E-state index contributed by atoms with van der Waals surface area (Å²) in [4.78, 5) is 29.3. The first-order valence-corrected chi connectivity index (χ1v) is 9.53. The number of nitrogens with one attached hydrogen (secondary N) is 2. The summed E-state index contributed by atoms with van der Waals surface area (Å²) in [5.74, 6) is -0.371. The second-order valence-electron chi connectivity index (χ2n) is 6.44. The molecule has 1 aliphatic heterocycles. The lowest BCUT2D eigenvalue weighted by Crippen LogP contribution is -2.36. The summed E-state index contributed by atoms with van der Waals surface area (Å²) in [6.07, 6.45) is 1.55. The van der Waals surface area contributed by atoms with Crippen molar-refractivity contribution in [2.45, 2.75) is 0 Å². The van der Waals surface area contributed by atoms with Gasteiger partial charge in [0.2, 0.25) is 0 Å². The van der Waals surface area contributed by atoms with E-state index in [-0.39, 0.29) is 16.5 Å². The standard InChI is InChI=1S/C20H17Cl2N3O3/c21-16-10-13(25-5-7-28-8-6-25)1-2-14(16)20(27)24-18-9-12-3-4-23-19(26)15(12)11-17(18)22/h1-4,9-11H,5-8H2,(H,23,26)(H,24,27). The van der Waals surface area contributed by atoms with Crippen LogP contribution in [-0.4, -0.2) is 37.2 Å². The molecule has 3 aromatic rings. The molecule has 0 saturated carbocycles. The summed E-state index contributed by atoms with van der Waals surface area (Å²) in [6, 6.07) is 10.3. The Hall–Kier alpha value is -2.54. The second kappa shape index (κ2) is 7.83. The molecular formula is C20H17Cl2N3O3.